The van der Waals surface area contributed by atoms with Crippen molar-refractivity contribution in [2.24, 2.45) is 0 Å². The first kappa shape index (κ1) is 11.9. The first-order valence-electron chi connectivity index (χ1n) is 6.11. The molecule has 1 aliphatic rings. The summed E-state index contributed by atoms with van der Waals surface area (Å²) >= 11 is 0. The third kappa shape index (κ3) is 2.55. The largest absolute Gasteiger partial charge is 0.487 e. The van der Waals surface area contributed by atoms with Crippen molar-refractivity contribution < 1.29 is 9.47 Å². The quantitative estimate of drug-likeness (QED) is 0.739. The monoisotopic (exact) mass is 230 g/mol. The average Bonchev–Trinajstić information content (AvgIpc) is 2.30. The lowest BCUT2D eigenvalue weighted by Crippen LogP contribution is -2.36. The summed E-state index contributed by atoms with van der Waals surface area (Å²) in [6, 6.07) is 5.78. The molecule has 1 aromatic carbocycles. The van der Waals surface area contributed by atoms with Crippen LogP contribution >= 0.6 is 0 Å². The Balaban J connectivity index is 2.20. The molecular weight excluding hydrogens is 212 g/mol. The van der Waals surface area contributed by atoms with Gasteiger partial charge in [-0.15, -0.1) is 0 Å². The molecule has 0 aliphatic carbocycles. The van der Waals surface area contributed by atoms with Crippen LogP contribution in [0, 0.1) is 12.5 Å². The molecule has 2 rings (SSSR count). The van der Waals surface area contributed by atoms with Crippen LogP contribution in [-0.4, -0.2) is 5.60 Å². The zero-order chi connectivity index (χ0) is 12.3. The van der Waals surface area contributed by atoms with Crippen LogP contribution in [0.3, 0.4) is 0 Å². The topological polar surface area (TPSA) is 18.5 Å². The Morgan fingerprint density at radius 3 is 3.06 bits per heavy atom. The number of hydrogen-bond acceptors (Lipinski definition) is 2. The molecule has 0 bridgehead atoms. The van der Waals surface area contributed by atoms with Crippen LogP contribution in [0.1, 0.15) is 38.7 Å². The fraction of sp³-hybridized carbons (Fsp3) is 0.467. The predicted octanol–water partition coefficient (Wildman–Crippen LogP) is 3.54. The molecule has 1 unspecified atom stereocenters. The van der Waals surface area contributed by atoms with Crippen molar-refractivity contribution in [3.05, 3.63) is 23.8 Å². The van der Waals surface area contributed by atoms with Crippen molar-refractivity contribution in [3.8, 4) is 24.0 Å². The summed E-state index contributed by atoms with van der Waals surface area (Å²) in [6.07, 6.45) is 11.6. The summed E-state index contributed by atoms with van der Waals surface area (Å²) in [5.74, 6) is 1.69. The first-order chi connectivity index (χ1) is 8.17. The molecule has 0 N–H and O–H groups in total. The number of rotatable bonds is 3. The van der Waals surface area contributed by atoms with Gasteiger partial charge in [0.05, 0.1) is 0 Å². The minimum atomic E-state index is -0.0176. The fourth-order valence-corrected chi connectivity index (χ4v) is 2.40. The molecular formula is C15H18O2. The van der Waals surface area contributed by atoms with Gasteiger partial charge in [-0.25, -0.2) is 0 Å². The maximum absolute atomic E-state index is 6.09. The zero-order valence-corrected chi connectivity index (χ0v) is 10.5. The highest BCUT2D eigenvalue weighted by Crippen LogP contribution is 2.37. The highest BCUT2D eigenvalue weighted by atomic mass is 16.5. The van der Waals surface area contributed by atoms with E-state index in [-0.39, 0.29) is 5.60 Å². The summed E-state index contributed by atoms with van der Waals surface area (Å²) in [5, 5.41) is 0. The minimum Gasteiger partial charge on any atom is -0.487 e. The molecule has 17 heavy (non-hydrogen) atoms. The summed E-state index contributed by atoms with van der Waals surface area (Å²) in [4.78, 5) is 0. The van der Waals surface area contributed by atoms with Gasteiger partial charge in [0.1, 0.15) is 23.2 Å². The van der Waals surface area contributed by atoms with Crippen molar-refractivity contribution in [2.45, 2.75) is 45.1 Å². The molecule has 0 aromatic heterocycles. The van der Waals surface area contributed by atoms with Gasteiger partial charge in [0, 0.05) is 0 Å². The lowest BCUT2D eigenvalue weighted by Gasteiger charge is -2.35. The Bertz CT molecular complexity index is 445. The Hall–Kier alpha value is -1.62. The molecule has 1 heterocycles. The summed E-state index contributed by atoms with van der Waals surface area (Å²) in [5.41, 5.74) is 1.17. The zero-order valence-electron chi connectivity index (χ0n) is 10.5. The highest BCUT2D eigenvalue weighted by Gasteiger charge is 2.30. The van der Waals surface area contributed by atoms with Crippen LogP contribution < -0.4 is 9.47 Å². The molecule has 0 radical (unpaired) electrons. The van der Waals surface area contributed by atoms with Gasteiger partial charge >= 0.3 is 0 Å². The van der Waals surface area contributed by atoms with E-state index < -0.39 is 0 Å². The maximum Gasteiger partial charge on any atom is 0.140 e. The molecule has 0 saturated carbocycles. The lowest BCUT2D eigenvalue weighted by atomic mass is 9.89. The van der Waals surface area contributed by atoms with Crippen molar-refractivity contribution in [1.29, 1.82) is 0 Å². The number of aryl methyl sites for hydroxylation is 1. The van der Waals surface area contributed by atoms with Gasteiger partial charge in [-0.3, -0.25) is 0 Å². The van der Waals surface area contributed by atoms with Crippen molar-refractivity contribution >= 4 is 0 Å². The number of ether oxygens (including phenoxy) is 2. The Morgan fingerprint density at radius 1 is 1.53 bits per heavy atom. The molecule has 0 spiro atoms. The molecule has 2 nitrogen and oxygen atoms in total. The Labute approximate surface area is 103 Å². The van der Waals surface area contributed by atoms with E-state index in [1.807, 2.05) is 18.2 Å². The van der Waals surface area contributed by atoms with Gasteiger partial charge in [0.25, 0.3) is 0 Å². The highest BCUT2D eigenvalue weighted by molar-refractivity contribution is 5.42. The van der Waals surface area contributed by atoms with E-state index in [0.717, 1.165) is 31.4 Å². The Kier molecular flexibility index (Phi) is 3.28. The normalized spacial score (nSPS) is 22.2. The molecule has 1 atom stereocenters. The van der Waals surface area contributed by atoms with Crippen molar-refractivity contribution in [3.63, 3.8) is 0 Å². The van der Waals surface area contributed by atoms with Gasteiger partial charge in [-0.2, -0.15) is 0 Å². The molecule has 0 fully saturated rings. The third-order valence-corrected chi connectivity index (χ3v) is 3.27. The van der Waals surface area contributed by atoms with Crippen LogP contribution in [0.5, 0.6) is 11.5 Å². The second-order valence-corrected chi connectivity index (χ2v) is 4.79. The SMILES string of the molecule is C#COc1ccc2c(c1)CCC(C)(CCC)O2. The molecule has 90 valence electrons. The van der Waals surface area contributed by atoms with Gasteiger partial charge < -0.3 is 9.47 Å². The maximum atomic E-state index is 6.09. The van der Waals surface area contributed by atoms with E-state index in [2.05, 4.69) is 20.0 Å². The van der Waals surface area contributed by atoms with Gasteiger partial charge in [0.15, 0.2) is 0 Å². The van der Waals surface area contributed by atoms with E-state index in [1.165, 1.54) is 5.56 Å². The average molecular weight is 230 g/mol. The smallest absolute Gasteiger partial charge is 0.140 e. The molecule has 2 heteroatoms. The van der Waals surface area contributed by atoms with E-state index >= 15 is 0 Å². The summed E-state index contributed by atoms with van der Waals surface area (Å²) in [7, 11) is 0. The predicted molar refractivity (Wildman–Crippen MR) is 68.2 cm³/mol. The molecule has 1 aliphatic heterocycles. The Morgan fingerprint density at radius 2 is 2.35 bits per heavy atom. The summed E-state index contributed by atoms with van der Waals surface area (Å²) in [6.45, 7) is 4.37. The van der Waals surface area contributed by atoms with Gasteiger partial charge in [-0.05, 0) is 49.9 Å². The minimum absolute atomic E-state index is 0.0176. The third-order valence-electron chi connectivity index (χ3n) is 3.27. The standard InChI is InChI=1S/C15H18O2/c1-4-9-15(3)10-8-12-11-13(16-5-2)6-7-14(12)17-15/h2,6-7,11H,4,8-10H2,1,3H3. The summed E-state index contributed by atoms with van der Waals surface area (Å²) < 4.78 is 11.1. The van der Waals surface area contributed by atoms with Crippen LogP contribution in [0.25, 0.3) is 0 Å². The van der Waals surface area contributed by atoms with Crippen LogP contribution in [0.4, 0.5) is 0 Å². The molecule has 0 amide bonds. The number of fused-ring (bicyclic) bond motifs is 1. The number of benzene rings is 1. The lowest BCUT2D eigenvalue weighted by molar-refractivity contribution is 0.0554. The van der Waals surface area contributed by atoms with E-state index in [9.17, 15) is 0 Å². The first-order valence-corrected chi connectivity index (χ1v) is 6.11. The second-order valence-electron chi connectivity index (χ2n) is 4.79. The van der Waals surface area contributed by atoms with Gasteiger partial charge in [-0.1, -0.05) is 19.8 Å². The van der Waals surface area contributed by atoms with Gasteiger partial charge in [0.2, 0.25) is 0 Å². The van der Waals surface area contributed by atoms with Crippen molar-refractivity contribution in [2.75, 3.05) is 0 Å². The van der Waals surface area contributed by atoms with E-state index in [4.69, 9.17) is 15.9 Å². The number of terminal acetylenes is 1. The molecule has 1 aromatic rings. The van der Waals surface area contributed by atoms with Crippen molar-refractivity contribution in [1.82, 2.24) is 0 Å². The second kappa shape index (κ2) is 4.71. The fourth-order valence-electron chi connectivity index (χ4n) is 2.40. The van der Waals surface area contributed by atoms with Crippen LogP contribution in [-0.2, 0) is 6.42 Å². The molecule has 0 saturated heterocycles. The van der Waals surface area contributed by atoms with E-state index in [1.54, 1.807) is 0 Å². The van der Waals surface area contributed by atoms with E-state index in [0.29, 0.717) is 5.75 Å². The van der Waals surface area contributed by atoms with Crippen LogP contribution in [0.2, 0.25) is 0 Å². The van der Waals surface area contributed by atoms with Crippen LogP contribution in [0.15, 0.2) is 18.2 Å². The number of hydrogen-bond donors (Lipinski definition) is 0.